The lowest BCUT2D eigenvalue weighted by Crippen LogP contribution is -2.40. The second-order valence-electron chi connectivity index (χ2n) is 5.00. The Balaban J connectivity index is 2.86. The van der Waals surface area contributed by atoms with Crippen LogP contribution in [0.3, 0.4) is 0 Å². The van der Waals surface area contributed by atoms with Crippen molar-refractivity contribution in [2.24, 2.45) is 11.1 Å². The molecule has 0 heterocycles. The fourth-order valence-corrected chi connectivity index (χ4v) is 1.58. The molecular weight excluding hydrogens is 200 g/mol. The molecule has 3 N–H and O–H groups in total. The molecule has 1 rings (SSSR count). The fourth-order valence-electron chi connectivity index (χ4n) is 1.58. The van der Waals surface area contributed by atoms with Crippen molar-refractivity contribution in [1.82, 2.24) is 0 Å². The van der Waals surface area contributed by atoms with Crippen molar-refractivity contribution in [3.05, 3.63) is 24.3 Å². The SMILES string of the molecule is COc1ccccc1NC(CN)C(C)(C)C. The van der Waals surface area contributed by atoms with Crippen LogP contribution in [0.25, 0.3) is 0 Å². The Morgan fingerprint density at radius 1 is 1.31 bits per heavy atom. The normalized spacial score (nSPS) is 13.3. The Bertz CT molecular complexity index is 331. The van der Waals surface area contributed by atoms with Crippen molar-refractivity contribution in [2.75, 3.05) is 19.0 Å². The second-order valence-corrected chi connectivity index (χ2v) is 5.00. The number of para-hydroxylation sites is 2. The summed E-state index contributed by atoms with van der Waals surface area (Å²) in [5.74, 6) is 0.852. The first-order valence-corrected chi connectivity index (χ1v) is 5.58. The van der Waals surface area contributed by atoms with Crippen LogP contribution in [0, 0.1) is 5.41 Å². The first-order chi connectivity index (χ1) is 7.49. The van der Waals surface area contributed by atoms with Gasteiger partial charge in [0, 0.05) is 12.6 Å². The highest BCUT2D eigenvalue weighted by molar-refractivity contribution is 5.56. The Morgan fingerprint density at radius 2 is 1.94 bits per heavy atom. The Hall–Kier alpha value is -1.22. The van der Waals surface area contributed by atoms with Crippen LogP contribution in [0.5, 0.6) is 5.75 Å². The van der Waals surface area contributed by atoms with Gasteiger partial charge in [0.1, 0.15) is 5.75 Å². The number of ether oxygens (including phenoxy) is 1. The summed E-state index contributed by atoms with van der Waals surface area (Å²) in [7, 11) is 1.68. The smallest absolute Gasteiger partial charge is 0.141 e. The average molecular weight is 222 g/mol. The number of benzene rings is 1. The standard InChI is InChI=1S/C13H22N2O/c1-13(2,3)12(9-14)15-10-7-5-6-8-11(10)16-4/h5-8,12,15H,9,14H2,1-4H3. The van der Waals surface area contributed by atoms with Gasteiger partial charge in [-0.3, -0.25) is 0 Å². The molecule has 3 nitrogen and oxygen atoms in total. The lowest BCUT2D eigenvalue weighted by Gasteiger charge is -2.31. The van der Waals surface area contributed by atoms with Crippen LogP contribution in [-0.4, -0.2) is 19.7 Å². The Labute approximate surface area is 98.0 Å². The maximum absolute atomic E-state index is 5.79. The summed E-state index contributed by atoms with van der Waals surface area (Å²) in [6.07, 6.45) is 0. The molecule has 0 bridgehead atoms. The van der Waals surface area contributed by atoms with Gasteiger partial charge in [-0.2, -0.15) is 0 Å². The van der Waals surface area contributed by atoms with Crippen molar-refractivity contribution in [3.8, 4) is 5.75 Å². The minimum absolute atomic E-state index is 0.121. The summed E-state index contributed by atoms with van der Waals surface area (Å²) in [6.45, 7) is 7.12. The molecule has 1 atom stereocenters. The highest BCUT2D eigenvalue weighted by Gasteiger charge is 2.23. The molecule has 90 valence electrons. The zero-order valence-electron chi connectivity index (χ0n) is 10.6. The first kappa shape index (κ1) is 12.8. The highest BCUT2D eigenvalue weighted by atomic mass is 16.5. The van der Waals surface area contributed by atoms with Gasteiger partial charge in [-0.05, 0) is 17.5 Å². The monoisotopic (exact) mass is 222 g/mol. The second kappa shape index (κ2) is 5.21. The predicted octanol–water partition coefficient (Wildman–Crippen LogP) is 2.48. The summed E-state index contributed by atoms with van der Waals surface area (Å²) in [4.78, 5) is 0. The highest BCUT2D eigenvalue weighted by Crippen LogP contribution is 2.28. The summed E-state index contributed by atoms with van der Waals surface area (Å²) in [6, 6.07) is 8.12. The van der Waals surface area contributed by atoms with Crippen LogP contribution in [0.4, 0.5) is 5.69 Å². The molecule has 0 saturated heterocycles. The minimum atomic E-state index is 0.121. The molecule has 0 fully saturated rings. The quantitative estimate of drug-likeness (QED) is 0.822. The van der Waals surface area contributed by atoms with E-state index in [1.807, 2.05) is 24.3 Å². The van der Waals surface area contributed by atoms with Gasteiger partial charge >= 0.3 is 0 Å². The number of anilines is 1. The van der Waals surface area contributed by atoms with Crippen LogP contribution in [0.2, 0.25) is 0 Å². The van der Waals surface area contributed by atoms with Crippen molar-refractivity contribution in [3.63, 3.8) is 0 Å². The summed E-state index contributed by atoms with van der Waals surface area (Å²) >= 11 is 0. The maximum atomic E-state index is 5.79. The number of hydrogen-bond acceptors (Lipinski definition) is 3. The van der Waals surface area contributed by atoms with E-state index in [2.05, 4.69) is 26.1 Å². The third kappa shape index (κ3) is 3.14. The molecule has 0 amide bonds. The number of methoxy groups -OCH3 is 1. The third-order valence-corrected chi connectivity index (χ3v) is 2.72. The van der Waals surface area contributed by atoms with Crippen LogP contribution >= 0.6 is 0 Å². The molecular formula is C13H22N2O. The topological polar surface area (TPSA) is 47.3 Å². The number of nitrogens with one attached hydrogen (secondary N) is 1. The number of nitrogens with two attached hydrogens (primary N) is 1. The van der Waals surface area contributed by atoms with Gasteiger partial charge < -0.3 is 15.8 Å². The zero-order valence-corrected chi connectivity index (χ0v) is 10.6. The average Bonchev–Trinajstić information content (AvgIpc) is 2.24. The van der Waals surface area contributed by atoms with E-state index in [0.29, 0.717) is 6.54 Å². The molecule has 3 heteroatoms. The number of rotatable bonds is 4. The van der Waals surface area contributed by atoms with Crippen molar-refractivity contribution < 1.29 is 4.74 Å². The van der Waals surface area contributed by atoms with Gasteiger partial charge in [0.25, 0.3) is 0 Å². The Kier molecular flexibility index (Phi) is 4.19. The van der Waals surface area contributed by atoms with Gasteiger partial charge in [0.2, 0.25) is 0 Å². The molecule has 0 aliphatic heterocycles. The van der Waals surface area contributed by atoms with Gasteiger partial charge in [0.05, 0.1) is 12.8 Å². The predicted molar refractivity (Wildman–Crippen MR) is 68.9 cm³/mol. The van der Waals surface area contributed by atoms with E-state index in [9.17, 15) is 0 Å². The van der Waals surface area contributed by atoms with Crippen molar-refractivity contribution >= 4 is 5.69 Å². The van der Waals surface area contributed by atoms with Crippen LogP contribution in [0.1, 0.15) is 20.8 Å². The van der Waals surface area contributed by atoms with E-state index in [4.69, 9.17) is 10.5 Å². The molecule has 1 aromatic carbocycles. The van der Waals surface area contributed by atoms with Gasteiger partial charge in [-0.1, -0.05) is 32.9 Å². The van der Waals surface area contributed by atoms with Crippen LogP contribution < -0.4 is 15.8 Å². The molecule has 0 aliphatic carbocycles. The molecule has 0 saturated carbocycles. The first-order valence-electron chi connectivity index (χ1n) is 5.58. The Morgan fingerprint density at radius 3 is 2.44 bits per heavy atom. The lowest BCUT2D eigenvalue weighted by atomic mass is 9.86. The van der Waals surface area contributed by atoms with E-state index >= 15 is 0 Å². The largest absolute Gasteiger partial charge is 0.495 e. The van der Waals surface area contributed by atoms with E-state index in [1.165, 1.54) is 0 Å². The molecule has 1 aromatic rings. The lowest BCUT2D eigenvalue weighted by molar-refractivity contribution is 0.344. The van der Waals surface area contributed by atoms with Crippen LogP contribution in [0.15, 0.2) is 24.3 Å². The van der Waals surface area contributed by atoms with E-state index in [0.717, 1.165) is 11.4 Å². The molecule has 0 radical (unpaired) electrons. The van der Waals surface area contributed by atoms with Gasteiger partial charge in [-0.25, -0.2) is 0 Å². The number of hydrogen-bond donors (Lipinski definition) is 2. The van der Waals surface area contributed by atoms with E-state index < -0.39 is 0 Å². The zero-order chi connectivity index (χ0) is 12.2. The third-order valence-electron chi connectivity index (χ3n) is 2.72. The molecule has 16 heavy (non-hydrogen) atoms. The fraction of sp³-hybridized carbons (Fsp3) is 0.538. The molecule has 0 aliphatic rings. The summed E-state index contributed by atoms with van der Waals surface area (Å²) in [5, 5.41) is 3.44. The van der Waals surface area contributed by atoms with Crippen molar-refractivity contribution in [2.45, 2.75) is 26.8 Å². The van der Waals surface area contributed by atoms with Gasteiger partial charge in [-0.15, -0.1) is 0 Å². The van der Waals surface area contributed by atoms with E-state index in [-0.39, 0.29) is 11.5 Å². The van der Waals surface area contributed by atoms with Crippen LogP contribution in [-0.2, 0) is 0 Å². The van der Waals surface area contributed by atoms with Gasteiger partial charge in [0.15, 0.2) is 0 Å². The summed E-state index contributed by atoms with van der Waals surface area (Å²) < 4.78 is 5.30. The van der Waals surface area contributed by atoms with Crippen molar-refractivity contribution in [1.29, 1.82) is 0 Å². The molecule has 0 aromatic heterocycles. The summed E-state index contributed by atoms with van der Waals surface area (Å²) in [5.41, 5.74) is 6.91. The minimum Gasteiger partial charge on any atom is -0.495 e. The molecule has 0 spiro atoms. The molecule has 1 unspecified atom stereocenters. The maximum Gasteiger partial charge on any atom is 0.141 e. The van der Waals surface area contributed by atoms with E-state index in [1.54, 1.807) is 7.11 Å².